The quantitative estimate of drug-likeness (QED) is 0.677. The number of nitrogens with one attached hydrogen (secondary N) is 1. The van der Waals surface area contributed by atoms with Crippen molar-refractivity contribution in [3.05, 3.63) is 56.7 Å². The second-order valence-electron chi connectivity index (χ2n) is 7.62. The summed E-state index contributed by atoms with van der Waals surface area (Å²) in [5.74, 6) is 0.777. The molecule has 0 aliphatic carbocycles. The maximum atomic E-state index is 12.7. The average Bonchev–Trinajstić information content (AvgIpc) is 3.12. The molecule has 0 bridgehead atoms. The van der Waals surface area contributed by atoms with Crippen molar-refractivity contribution in [1.82, 2.24) is 24.0 Å². The van der Waals surface area contributed by atoms with Crippen LogP contribution in [0.25, 0.3) is 11.2 Å². The van der Waals surface area contributed by atoms with Crippen LogP contribution in [0.2, 0.25) is 0 Å². The summed E-state index contributed by atoms with van der Waals surface area (Å²) in [4.78, 5) is 36.6. The molecule has 1 aliphatic rings. The molecule has 1 fully saturated rings. The number of imidazole rings is 1. The molecule has 1 aromatic carbocycles. The van der Waals surface area contributed by atoms with Crippen molar-refractivity contribution >= 4 is 17.1 Å². The van der Waals surface area contributed by atoms with Gasteiger partial charge in [0.25, 0.3) is 5.56 Å². The van der Waals surface area contributed by atoms with Crippen LogP contribution in [0, 0.1) is 0 Å². The van der Waals surface area contributed by atoms with Crippen LogP contribution >= 0.6 is 0 Å². The third kappa shape index (κ3) is 3.85. The van der Waals surface area contributed by atoms with Crippen LogP contribution in [0.4, 0.5) is 5.95 Å². The van der Waals surface area contributed by atoms with E-state index in [0.717, 1.165) is 51.5 Å². The standard InChI is InChI=1S/C21H28N6O2/c1-3-10-25-12-14-26(15-13-25)20-22-18-17(19(28)23-21(29)24(18)2)27(20)11-9-16-7-5-4-6-8-16/h4-8H,3,9-15H2,1-2H3,(H,23,28,29). The highest BCUT2D eigenvalue weighted by molar-refractivity contribution is 5.74. The number of hydrogen-bond acceptors (Lipinski definition) is 5. The highest BCUT2D eigenvalue weighted by Crippen LogP contribution is 2.21. The molecule has 3 heterocycles. The van der Waals surface area contributed by atoms with Gasteiger partial charge >= 0.3 is 5.69 Å². The van der Waals surface area contributed by atoms with Crippen LogP contribution < -0.4 is 16.1 Å². The lowest BCUT2D eigenvalue weighted by Crippen LogP contribution is -2.47. The minimum absolute atomic E-state index is 0.375. The number of aryl methyl sites for hydroxylation is 3. The van der Waals surface area contributed by atoms with E-state index in [1.807, 2.05) is 22.8 Å². The van der Waals surface area contributed by atoms with E-state index in [4.69, 9.17) is 4.98 Å². The molecule has 0 saturated carbocycles. The monoisotopic (exact) mass is 396 g/mol. The van der Waals surface area contributed by atoms with Crippen LogP contribution in [0.3, 0.4) is 0 Å². The highest BCUT2D eigenvalue weighted by Gasteiger charge is 2.24. The number of aromatic nitrogens is 4. The van der Waals surface area contributed by atoms with E-state index in [1.165, 1.54) is 10.1 Å². The zero-order valence-corrected chi connectivity index (χ0v) is 17.1. The van der Waals surface area contributed by atoms with Crippen molar-refractivity contribution < 1.29 is 0 Å². The van der Waals surface area contributed by atoms with Gasteiger partial charge in [-0.2, -0.15) is 4.98 Å². The highest BCUT2D eigenvalue weighted by atomic mass is 16.2. The number of H-pyrrole nitrogens is 1. The van der Waals surface area contributed by atoms with Crippen LogP contribution in [-0.4, -0.2) is 56.7 Å². The Morgan fingerprint density at radius 2 is 1.76 bits per heavy atom. The van der Waals surface area contributed by atoms with Crippen molar-refractivity contribution in [2.75, 3.05) is 37.6 Å². The van der Waals surface area contributed by atoms with Crippen molar-refractivity contribution in [1.29, 1.82) is 0 Å². The maximum Gasteiger partial charge on any atom is 0.329 e. The van der Waals surface area contributed by atoms with E-state index in [9.17, 15) is 9.59 Å². The molecule has 1 saturated heterocycles. The molecule has 0 spiro atoms. The first-order chi connectivity index (χ1) is 14.1. The fourth-order valence-corrected chi connectivity index (χ4v) is 4.05. The largest absolute Gasteiger partial charge is 0.340 e. The van der Waals surface area contributed by atoms with E-state index >= 15 is 0 Å². The first-order valence-electron chi connectivity index (χ1n) is 10.3. The summed E-state index contributed by atoms with van der Waals surface area (Å²) in [5.41, 5.74) is 1.30. The summed E-state index contributed by atoms with van der Waals surface area (Å²) in [6, 6.07) is 10.2. The van der Waals surface area contributed by atoms with Crippen molar-refractivity contribution in [3.63, 3.8) is 0 Å². The van der Waals surface area contributed by atoms with E-state index < -0.39 is 5.69 Å². The predicted molar refractivity (Wildman–Crippen MR) is 115 cm³/mol. The number of aromatic amines is 1. The molecule has 0 radical (unpaired) electrons. The minimum atomic E-state index is -0.436. The summed E-state index contributed by atoms with van der Waals surface area (Å²) in [6.07, 6.45) is 1.93. The Kier molecular flexibility index (Phi) is 5.53. The Hall–Kier alpha value is -2.87. The Morgan fingerprint density at radius 3 is 2.45 bits per heavy atom. The fourth-order valence-electron chi connectivity index (χ4n) is 4.05. The molecule has 3 aromatic rings. The van der Waals surface area contributed by atoms with Crippen LogP contribution in [-0.2, 0) is 20.0 Å². The van der Waals surface area contributed by atoms with Gasteiger partial charge in [0.15, 0.2) is 11.2 Å². The Labute approximate surface area is 169 Å². The number of fused-ring (bicyclic) bond motifs is 1. The van der Waals surface area contributed by atoms with Gasteiger partial charge in [0.1, 0.15) is 0 Å². The van der Waals surface area contributed by atoms with E-state index in [0.29, 0.717) is 17.7 Å². The van der Waals surface area contributed by atoms with E-state index in [1.54, 1.807) is 7.05 Å². The van der Waals surface area contributed by atoms with Gasteiger partial charge in [-0.25, -0.2) is 4.79 Å². The van der Waals surface area contributed by atoms with Gasteiger partial charge in [0.2, 0.25) is 5.95 Å². The van der Waals surface area contributed by atoms with Gasteiger partial charge in [-0.3, -0.25) is 19.2 Å². The normalized spacial score (nSPS) is 15.3. The molecular formula is C21H28N6O2. The molecule has 8 heteroatoms. The lowest BCUT2D eigenvalue weighted by atomic mass is 10.1. The third-order valence-electron chi connectivity index (χ3n) is 5.65. The molecular weight excluding hydrogens is 368 g/mol. The molecule has 0 amide bonds. The van der Waals surface area contributed by atoms with E-state index in [2.05, 4.69) is 33.8 Å². The van der Waals surface area contributed by atoms with Gasteiger partial charge in [-0.05, 0) is 24.9 Å². The van der Waals surface area contributed by atoms with Crippen molar-refractivity contribution in [3.8, 4) is 0 Å². The lowest BCUT2D eigenvalue weighted by Gasteiger charge is -2.35. The molecule has 154 valence electrons. The summed E-state index contributed by atoms with van der Waals surface area (Å²) < 4.78 is 3.41. The van der Waals surface area contributed by atoms with Gasteiger partial charge in [-0.1, -0.05) is 37.3 Å². The number of rotatable bonds is 6. The molecule has 29 heavy (non-hydrogen) atoms. The van der Waals surface area contributed by atoms with Gasteiger partial charge in [-0.15, -0.1) is 0 Å². The Balaban J connectivity index is 1.72. The van der Waals surface area contributed by atoms with Gasteiger partial charge < -0.3 is 9.47 Å². The number of nitrogens with zero attached hydrogens (tertiary/aromatic N) is 5. The van der Waals surface area contributed by atoms with Crippen LogP contribution in [0.1, 0.15) is 18.9 Å². The second-order valence-corrected chi connectivity index (χ2v) is 7.62. The fraction of sp³-hybridized carbons (Fsp3) is 0.476. The molecule has 1 N–H and O–H groups in total. The molecule has 4 rings (SSSR count). The molecule has 2 aromatic heterocycles. The number of piperazine rings is 1. The maximum absolute atomic E-state index is 12.7. The Bertz CT molecular complexity index is 1090. The summed E-state index contributed by atoms with van der Waals surface area (Å²) in [6.45, 7) is 7.61. The molecule has 1 aliphatic heterocycles. The van der Waals surface area contributed by atoms with E-state index in [-0.39, 0.29) is 5.56 Å². The summed E-state index contributed by atoms with van der Waals surface area (Å²) in [7, 11) is 1.65. The van der Waals surface area contributed by atoms with Gasteiger partial charge in [0.05, 0.1) is 0 Å². The molecule has 0 atom stereocenters. The van der Waals surface area contributed by atoms with Crippen molar-refractivity contribution in [2.24, 2.45) is 7.05 Å². The molecule has 8 nitrogen and oxygen atoms in total. The zero-order valence-electron chi connectivity index (χ0n) is 17.1. The summed E-state index contributed by atoms with van der Waals surface area (Å²) >= 11 is 0. The summed E-state index contributed by atoms with van der Waals surface area (Å²) in [5, 5.41) is 0. The third-order valence-corrected chi connectivity index (χ3v) is 5.65. The Morgan fingerprint density at radius 1 is 1.03 bits per heavy atom. The number of hydrogen-bond donors (Lipinski definition) is 1. The minimum Gasteiger partial charge on any atom is -0.340 e. The van der Waals surface area contributed by atoms with Crippen molar-refractivity contribution in [2.45, 2.75) is 26.3 Å². The van der Waals surface area contributed by atoms with Gasteiger partial charge in [0, 0.05) is 39.8 Å². The lowest BCUT2D eigenvalue weighted by molar-refractivity contribution is 0.256. The topological polar surface area (TPSA) is 79.2 Å². The second kappa shape index (κ2) is 8.24. The zero-order chi connectivity index (χ0) is 20.4. The van der Waals surface area contributed by atoms with Crippen LogP contribution in [0.15, 0.2) is 39.9 Å². The van der Waals surface area contributed by atoms with Crippen LogP contribution in [0.5, 0.6) is 0 Å². The molecule has 0 unspecified atom stereocenters. The average molecular weight is 396 g/mol. The number of benzene rings is 1. The smallest absolute Gasteiger partial charge is 0.329 e. The first kappa shape index (κ1) is 19.4. The SMILES string of the molecule is CCCN1CCN(c2nc3c(c(=O)[nH]c(=O)n3C)n2CCc2ccccc2)CC1. The number of anilines is 1. The first-order valence-corrected chi connectivity index (χ1v) is 10.3. The predicted octanol–water partition coefficient (Wildman–Crippen LogP) is 1.20.